The van der Waals surface area contributed by atoms with E-state index in [1.165, 1.54) is 0 Å². The predicted molar refractivity (Wildman–Crippen MR) is 113 cm³/mol. The van der Waals surface area contributed by atoms with Crippen molar-refractivity contribution in [3.05, 3.63) is 64.3 Å². The molecule has 0 radical (unpaired) electrons. The van der Waals surface area contributed by atoms with Crippen molar-refractivity contribution in [3.8, 4) is 11.4 Å². The van der Waals surface area contributed by atoms with Crippen LogP contribution in [-0.4, -0.2) is 57.0 Å². The number of pyridine rings is 1. The van der Waals surface area contributed by atoms with Crippen LogP contribution in [0.5, 0.6) is 0 Å². The average Bonchev–Trinajstić information content (AvgIpc) is 3.31. The van der Waals surface area contributed by atoms with Gasteiger partial charge in [-0.2, -0.15) is 18.2 Å². The zero-order valence-corrected chi connectivity index (χ0v) is 17.7. The number of nitro groups is 1. The monoisotopic (exact) mass is 476 g/mol. The zero-order chi connectivity index (χ0) is 24.3. The molecule has 1 aromatic carbocycles. The van der Waals surface area contributed by atoms with Crippen LogP contribution < -0.4 is 4.90 Å². The van der Waals surface area contributed by atoms with Crippen LogP contribution >= 0.6 is 0 Å². The Labute approximate surface area is 191 Å². The van der Waals surface area contributed by atoms with Gasteiger partial charge in [0.1, 0.15) is 5.69 Å². The highest BCUT2D eigenvalue weighted by molar-refractivity contribution is 5.77. The third-order valence-electron chi connectivity index (χ3n) is 5.43. The summed E-state index contributed by atoms with van der Waals surface area (Å²) in [6.45, 7) is 1.07. The molecule has 10 nitrogen and oxygen atoms in total. The van der Waals surface area contributed by atoms with Gasteiger partial charge in [0.15, 0.2) is 0 Å². The first-order valence-electron chi connectivity index (χ1n) is 10.3. The zero-order valence-electron chi connectivity index (χ0n) is 17.7. The SMILES string of the molecule is O=C(CCc1nc(-c2ccncc2)no1)N1CCN(c2ccc(C(F)(F)F)cc2[N+](=O)[O-])CC1. The summed E-state index contributed by atoms with van der Waals surface area (Å²) in [5.74, 6) is 0.570. The van der Waals surface area contributed by atoms with Gasteiger partial charge in [0.05, 0.1) is 10.5 Å². The molecule has 13 heteroatoms. The molecule has 3 heterocycles. The number of aromatic nitrogens is 3. The molecule has 2 aromatic heterocycles. The van der Waals surface area contributed by atoms with Crippen LogP contribution in [0.3, 0.4) is 0 Å². The van der Waals surface area contributed by atoms with Crippen molar-refractivity contribution < 1.29 is 27.4 Å². The Kier molecular flexibility index (Phi) is 6.43. The fraction of sp³-hybridized carbons (Fsp3) is 0.333. The molecule has 4 rings (SSSR count). The molecule has 0 spiro atoms. The summed E-state index contributed by atoms with van der Waals surface area (Å²) >= 11 is 0. The van der Waals surface area contributed by atoms with Gasteiger partial charge in [0.2, 0.25) is 17.6 Å². The molecule has 0 bridgehead atoms. The third-order valence-corrected chi connectivity index (χ3v) is 5.43. The van der Waals surface area contributed by atoms with E-state index in [2.05, 4.69) is 15.1 Å². The lowest BCUT2D eigenvalue weighted by Gasteiger charge is -2.36. The Hall–Kier alpha value is -4.03. The van der Waals surface area contributed by atoms with Crippen LogP contribution in [-0.2, 0) is 17.4 Å². The number of aryl methyl sites for hydroxylation is 1. The van der Waals surface area contributed by atoms with E-state index in [4.69, 9.17) is 4.52 Å². The van der Waals surface area contributed by atoms with Crippen molar-refractivity contribution in [1.82, 2.24) is 20.0 Å². The topological polar surface area (TPSA) is 118 Å². The van der Waals surface area contributed by atoms with Crippen molar-refractivity contribution in [3.63, 3.8) is 0 Å². The quantitative estimate of drug-likeness (QED) is 0.393. The van der Waals surface area contributed by atoms with Gasteiger partial charge in [-0.05, 0) is 24.3 Å². The van der Waals surface area contributed by atoms with Gasteiger partial charge < -0.3 is 14.3 Å². The van der Waals surface area contributed by atoms with Gasteiger partial charge in [-0.15, -0.1) is 0 Å². The molecule has 178 valence electrons. The highest BCUT2D eigenvalue weighted by Gasteiger charge is 2.34. The number of piperazine rings is 1. The lowest BCUT2D eigenvalue weighted by molar-refractivity contribution is -0.384. The lowest BCUT2D eigenvalue weighted by Crippen LogP contribution is -2.49. The summed E-state index contributed by atoms with van der Waals surface area (Å²) in [5, 5.41) is 15.2. The van der Waals surface area contributed by atoms with Gasteiger partial charge in [0.25, 0.3) is 5.69 Å². The number of halogens is 3. The molecule has 34 heavy (non-hydrogen) atoms. The number of carbonyl (C=O) groups is 1. The molecule has 0 atom stereocenters. The van der Waals surface area contributed by atoms with Crippen molar-refractivity contribution in [2.75, 3.05) is 31.1 Å². The number of rotatable bonds is 6. The lowest BCUT2D eigenvalue weighted by atomic mass is 10.1. The standard InChI is InChI=1S/C21H19F3N6O4/c22-21(23,24)15-1-2-16(17(13-15)30(32)33)28-9-11-29(12-10-28)19(31)4-3-18-26-20(27-34-18)14-5-7-25-8-6-14/h1-2,5-8,13H,3-4,9-12H2. The number of carbonyl (C=O) groups excluding carboxylic acids is 1. The summed E-state index contributed by atoms with van der Waals surface area (Å²) < 4.78 is 44.0. The number of alkyl halides is 3. The second-order valence-electron chi connectivity index (χ2n) is 7.57. The van der Waals surface area contributed by atoms with Gasteiger partial charge in [-0.1, -0.05) is 5.16 Å². The summed E-state index contributed by atoms with van der Waals surface area (Å²) in [6.07, 6.45) is -1.08. The molecule has 3 aromatic rings. The van der Waals surface area contributed by atoms with E-state index in [-0.39, 0.29) is 50.6 Å². The fourth-order valence-corrected chi connectivity index (χ4v) is 3.66. The second-order valence-corrected chi connectivity index (χ2v) is 7.57. The maximum Gasteiger partial charge on any atom is 0.416 e. The first-order chi connectivity index (χ1) is 16.2. The summed E-state index contributed by atoms with van der Waals surface area (Å²) in [6, 6.07) is 5.94. The van der Waals surface area contributed by atoms with Crippen molar-refractivity contribution in [1.29, 1.82) is 0 Å². The Balaban J connectivity index is 1.34. The van der Waals surface area contributed by atoms with Crippen molar-refractivity contribution >= 4 is 17.3 Å². The van der Waals surface area contributed by atoms with Crippen LogP contribution in [0.15, 0.2) is 47.2 Å². The summed E-state index contributed by atoms with van der Waals surface area (Å²) in [7, 11) is 0. The normalized spacial score (nSPS) is 14.3. The van der Waals surface area contributed by atoms with E-state index in [0.717, 1.165) is 17.7 Å². The number of anilines is 1. The first-order valence-corrected chi connectivity index (χ1v) is 10.3. The highest BCUT2D eigenvalue weighted by Crippen LogP contribution is 2.36. The van der Waals surface area contributed by atoms with Crippen LogP contribution in [0.1, 0.15) is 17.9 Å². The number of amides is 1. The van der Waals surface area contributed by atoms with E-state index in [9.17, 15) is 28.1 Å². The van der Waals surface area contributed by atoms with Crippen LogP contribution in [0.2, 0.25) is 0 Å². The fourth-order valence-electron chi connectivity index (χ4n) is 3.66. The van der Waals surface area contributed by atoms with Gasteiger partial charge in [0, 0.05) is 63.0 Å². The molecule has 0 saturated carbocycles. The molecular formula is C21H19F3N6O4. The molecule has 1 aliphatic rings. The minimum absolute atomic E-state index is 0.0969. The molecular weight excluding hydrogens is 457 g/mol. The van der Waals surface area contributed by atoms with Crippen molar-refractivity contribution in [2.24, 2.45) is 0 Å². The van der Waals surface area contributed by atoms with Crippen LogP contribution in [0.4, 0.5) is 24.5 Å². The minimum Gasteiger partial charge on any atom is -0.362 e. The van der Waals surface area contributed by atoms with Gasteiger partial charge in [-0.25, -0.2) is 0 Å². The van der Waals surface area contributed by atoms with E-state index >= 15 is 0 Å². The van der Waals surface area contributed by atoms with E-state index < -0.39 is 22.4 Å². The Bertz CT molecular complexity index is 1180. The van der Waals surface area contributed by atoms with E-state index in [1.54, 1.807) is 34.3 Å². The molecule has 1 aliphatic heterocycles. The molecule has 1 amide bonds. The first kappa shape index (κ1) is 23.1. The number of nitrogens with zero attached hydrogens (tertiary/aromatic N) is 6. The molecule has 0 N–H and O–H groups in total. The van der Waals surface area contributed by atoms with Gasteiger partial charge >= 0.3 is 6.18 Å². The van der Waals surface area contributed by atoms with Gasteiger partial charge in [-0.3, -0.25) is 19.9 Å². The molecule has 1 fully saturated rings. The Morgan fingerprint density at radius 2 is 1.82 bits per heavy atom. The van der Waals surface area contributed by atoms with Crippen molar-refractivity contribution in [2.45, 2.75) is 19.0 Å². The predicted octanol–water partition coefficient (Wildman–Crippen LogP) is 3.34. The number of benzene rings is 1. The molecule has 1 saturated heterocycles. The summed E-state index contributed by atoms with van der Waals surface area (Å²) in [5.41, 5.74) is -0.856. The number of hydrogen-bond donors (Lipinski definition) is 0. The maximum atomic E-state index is 12.9. The second kappa shape index (κ2) is 9.45. The Morgan fingerprint density at radius 3 is 2.47 bits per heavy atom. The summed E-state index contributed by atoms with van der Waals surface area (Å²) in [4.78, 5) is 34.5. The molecule has 0 unspecified atom stereocenters. The smallest absolute Gasteiger partial charge is 0.362 e. The molecule has 0 aliphatic carbocycles. The number of hydrogen-bond acceptors (Lipinski definition) is 8. The average molecular weight is 476 g/mol. The van der Waals surface area contributed by atoms with E-state index in [0.29, 0.717) is 17.8 Å². The van der Waals surface area contributed by atoms with Crippen LogP contribution in [0.25, 0.3) is 11.4 Å². The maximum absolute atomic E-state index is 12.9. The third kappa shape index (κ3) is 5.13. The number of nitro benzene ring substituents is 1. The van der Waals surface area contributed by atoms with Crippen LogP contribution in [0, 0.1) is 10.1 Å². The minimum atomic E-state index is -4.67. The van der Waals surface area contributed by atoms with E-state index in [1.807, 2.05) is 0 Å². The Morgan fingerprint density at radius 1 is 1.12 bits per heavy atom. The largest absolute Gasteiger partial charge is 0.416 e. The highest BCUT2D eigenvalue weighted by atomic mass is 19.4.